The van der Waals surface area contributed by atoms with Crippen molar-refractivity contribution in [1.29, 1.82) is 0 Å². The van der Waals surface area contributed by atoms with E-state index < -0.39 is 11.6 Å². The predicted octanol–water partition coefficient (Wildman–Crippen LogP) is 2.14. The van der Waals surface area contributed by atoms with Gasteiger partial charge in [0, 0.05) is 57.8 Å². The second kappa shape index (κ2) is 10.1. The van der Waals surface area contributed by atoms with Crippen LogP contribution in [0, 0.1) is 11.6 Å². The van der Waals surface area contributed by atoms with Crippen molar-refractivity contribution in [2.24, 2.45) is 0 Å². The number of hydrogen-bond acceptors (Lipinski definition) is 4. The number of rotatable bonds is 6. The molecule has 0 bridgehead atoms. The highest BCUT2D eigenvalue weighted by atomic mass is 19.2. The molecule has 1 atom stereocenters. The van der Waals surface area contributed by atoms with E-state index in [2.05, 4.69) is 4.90 Å². The van der Waals surface area contributed by atoms with Gasteiger partial charge in [0.1, 0.15) is 0 Å². The first kappa shape index (κ1) is 21.6. The number of amides is 2. The summed E-state index contributed by atoms with van der Waals surface area (Å²) in [6.45, 7) is 7.41. The molecule has 0 aromatic heterocycles. The van der Waals surface area contributed by atoms with Gasteiger partial charge in [-0.05, 0) is 37.5 Å². The fraction of sp³-hybridized carbons (Fsp3) is 0.619. The Kier molecular flexibility index (Phi) is 7.55. The molecule has 29 heavy (non-hydrogen) atoms. The summed E-state index contributed by atoms with van der Waals surface area (Å²) in [4.78, 5) is 30.8. The summed E-state index contributed by atoms with van der Waals surface area (Å²) in [7, 11) is 0. The standard InChI is InChI=1S/C21H29F2N3O3/c1-16(27)26(9-3-7-24-10-12-29-13-11-24)18-4-2-8-25(15-18)21(28)17-5-6-19(22)20(23)14-17/h5-6,14,18H,2-4,7-13,15H2,1H3. The molecule has 8 heteroatoms. The Bertz CT molecular complexity index is 725. The van der Waals surface area contributed by atoms with Gasteiger partial charge < -0.3 is 14.5 Å². The lowest BCUT2D eigenvalue weighted by atomic mass is 10.0. The zero-order valence-electron chi connectivity index (χ0n) is 16.9. The molecule has 1 aromatic rings. The minimum Gasteiger partial charge on any atom is -0.379 e. The van der Waals surface area contributed by atoms with E-state index in [4.69, 9.17) is 4.74 Å². The van der Waals surface area contributed by atoms with E-state index >= 15 is 0 Å². The van der Waals surface area contributed by atoms with Crippen LogP contribution in [0.5, 0.6) is 0 Å². The van der Waals surface area contributed by atoms with Gasteiger partial charge in [-0.15, -0.1) is 0 Å². The van der Waals surface area contributed by atoms with Crippen LogP contribution in [0.2, 0.25) is 0 Å². The molecule has 6 nitrogen and oxygen atoms in total. The van der Waals surface area contributed by atoms with Gasteiger partial charge in [0.25, 0.3) is 5.91 Å². The van der Waals surface area contributed by atoms with Gasteiger partial charge in [-0.3, -0.25) is 14.5 Å². The van der Waals surface area contributed by atoms with Crippen LogP contribution in [-0.2, 0) is 9.53 Å². The topological polar surface area (TPSA) is 53.1 Å². The molecule has 3 rings (SSSR count). The molecular weight excluding hydrogens is 380 g/mol. The first-order valence-corrected chi connectivity index (χ1v) is 10.3. The van der Waals surface area contributed by atoms with Crippen LogP contribution in [0.25, 0.3) is 0 Å². The van der Waals surface area contributed by atoms with E-state index in [1.54, 1.807) is 11.8 Å². The fourth-order valence-corrected chi connectivity index (χ4v) is 4.09. The minimum absolute atomic E-state index is 0.000830. The second-order valence-electron chi connectivity index (χ2n) is 7.70. The molecule has 2 saturated heterocycles. The number of carbonyl (C=O) groups is 2. The Labute approximate surface area is 170 Å². The van der Waals surface area contributed by atoms with Gasteiger partial charge in [-0.2, -0.15) is 0 Å². The Morgan fingerprint density at radius 3 is 2.62 bits per heavy atom. The summed E-state index contributed by atoms with van der Waals surface area (Å²) < 4.78 is 32.0. The van der Waals surface area contributed by atoms with Crippen molar-refractivity contribution in [3.63, 3.8) is 0 Å². The Hall–Kier alpha value is -2.06. The van der Waals surface area contributed by atoms with Crippen molar-refractivity contribution in [3.8, 4) is 0 Å². The van der Waals surface area contributed by atoms with Crippen molar-refractivity contribution in [3.05, 3.63) is 35.4 Å². The Morgan fingerprint density at radius 1 is 1.17 bits per heavy atom. The molecule has 2 aliphatic heterocycles. The molecule has 0 spiro atoms. The van der Waals surface area contributed by atoms with Crippen molar-refractivity contribution in [2.75, 3.05) is 52.5 Å². The number of ether oxygens (including phenoxy) is 1. The van der Waals surface area contributed by atoms with Crippen LogP contribution in [-0.4, -0.2) is 85.0 Å². The van der Waals surface area contributed by atoms with E-state index in [-0.39, 0.29) is 23.4 Å². The number of benzene rings is 1. The Balaban J connectivity index is 1.58. The van der Waals surface area contributed by atoms with Crippen LogP contribution >= 0.6 is 0 Å². The lowest BCUT2D eigenvalue weighted by Crippen LogP contribution is -2.51. The van der Waals surface area contributed by atoms with Crippen LogP contribution in [0.4, 0.5) is 8.78 Å². The maximum absolute atomic E-state index is 13.5. The summed E-state index contributed by atoms with van der Waals surface area (Å²) in [5.74, 6) is -2.33. The second-order valence-corrected chi connectivity index (χ2v) is 7.70. The van der Waals surface area contributed by atoms with Crippen LogP contribution in [0.3, 0.4) is 0 Å². The third kappa shape index (κ3) is 5.73. The maximum atomic E-state index is 13.5. The summed E-state index contributed by atoms with van der Waals surface area (Å²) in [6, 6.07) is 3.15. The van der Waals surface area contributed by atoms with E-state index in [1.165, 1.54) is 6.07 Å². The first-order chi connectivity index (χ1) is 14.0. The number of morpholine rings is 1. The number of piperidine rings is 1. The zero-order chi connectivity index (χ0) is 20.8. The van der Waals surface area contributed by atoms with Crippen molar-refractivity contribution in [1.82, 2.24) is 14.7 Å². The van der Waals surface area contributed by atoms with Crippen molar-refractivity contribution in [2.45, 2.75) is 32.2 Å². The highest BCUT2D eigenvalue weighted by Gasteiger charge is 2.30. The summed E-state index contributed by atoms with van der Waals surface area (Å²) in [5, 5.41) is 0. The highest BCUT2D eigenvalue weighted by molar-refractivity contribution is 5.94. The summed E-state index contributed by atoms with van der Waals surface area (Å²) >= 11 is 0. The lowest BCUT2D eigenvalue weighted by Gasteiger charge is -2.39. The van der Waals surface area contributed by atoms with Gasteiger partial charge in [0.05, 0.1) is 13.2 Å². The average Bonchev–Trinajstić information content (AvgIpc) is 2.73. The number of halogens is 2. The third-order valence-corrected chi connectivity index (χ3v) is 5.67. The number of hydrogen-bond donors (Lipinski definition) is 0. The molecule has 0 aliphatic carbocycles. The van der Waals surface area contributed by atoms with Gasteiger partial charge in [-0.25, -0.2) is 8.78 Å². The molecule has 0 N–H and O–H groups in total. The van der Waals surface area contributed by atoms with Gasteiger partial charge in [0.15, 0.2) is 11.6 Å². The van der Waals surface area contributed by atoms with Gasteiger partial charge in [0.2, 0.25) is 5.91 Å². The van der Waals surface area contributed by atoms with Crippen LogP contribution in [0.15, 0.2) is 18.2 Å². The zero-order valence-corrected chi connectivity index (χ0v) is 16.9. The first-order valence-electron chi connectivity index (χ1n) is 10.3. The van der Waals surface area contributed by atoms with E-state index in [9.17, 15) is 18.4 Å². The van der Waals surface area contributed by atoms with Gasteiger partial charge >= 0.3 is 0 Å². The highest BCUT2D eigenvalue weighted by Crippen LogP contribution is 2.20. The number of carbonyl (C=O) groups excluding carboxylic acids is 2. The molecule has 1 unspecified atom stereocenters. The molecule has 1 aromatic carbocycles. The largest absolute Gasteiger partial charge is 0.379 e. The summed E-state index contributed by atoms with van der Waals surface area (Å²) in [5.41, 5.74) is 0.131. The quantitative estimate of drug-likeness (QED) is 0.723. The molecule has 2 heterocycles. The van der Waals surface area contributed by atoms with E-state index in [0.29, 0.717) is 19.6 Å². The summed E-state index contributed by atoms with van der Waals surface area (Å²) in [6.07, 6.45) is 2.47. The molecular formula is C21H29F2N3O3. The maximum Gasteiger partial charge on any atom is 0.254 e. The third-order valence-electron chi connectivity index (χ3n) is 5.67. The monoisotopic (exact) mass is 409 g/mol. The number of likely N-dealkylation sites (tertiary alicyclic amines) is 1. The molecule has 0 saturated carbocycles. The van der Waals surface area contributed by atoms with Crippen molar-refractivity contribution >= 4 is 11.8 Å². The Morgan fingerprint density at radius 2 is 1.93 bits per heavy atom. The predicted molar refractivity (Wildman–Crippen MR) is 105 cm³/mol. The molecule has 2 amide bonds. The van der Waals surface area contributed by atoms with Crippen LogP contribution < -0.4 is 0 Å². The molecule has 0 radical (unpaired) electrons. The lowest BCUT2D eigenvalue weighted by molar-refractivity contribution is -0.132. The molecule has 160 valence electrons. The molecule has 2 fully saturated rings. The van der Waals surface area contributed by atoms with Crippen molar-refractivity contribution < 1.29 is 23.1 Å². The van der Waals surface area contributed by atoms with E-state index in [1.807, 2.05) is 4.90 Å². The normalized spacial score (nSPS) is 20.5. The number of nitrogens with zero attached hydrogens (tertiary/aromatic N) is 3. The smallest absolute Gasteiger partial charge is 0.254 e. The minimum atomic E-state index is -1.03. The average molecular weight is 409 g/mol. The van der Waals surface area contributed by atoms with Gasteiger partial charge in [-0.1, -0.05) is 0 Å². The molecule has 2 aliphatic rings. The SMILES string of the molecule is CC(=O)N(CCCN1CCOCC1)C1CCCN(C(=O)c2ccc(F)c(F)c2)C1. The fourth-order valence-electron chi connectivity index (χ4n) is 4.09. The van der Waals surface area contributed by atoms with Crippen LogP contribution in [0.1, 0.15) is 36.5 Å². The van der Waals surface area contributed by atoms with E-state index in [0.717, 1.165) is 64.2 Å².